The van der Waals surface area contributed by atoms with E-state index >= 15 is 0 Å². The van der Waals surface area contributed by atoms with Crippen molar-refractivity contribution in [3.8, 4) is 5.75 Å². The largest absolute Gasteiger partial charge is 0.497 e. The van der Waals surface area contributed by atoms with Gasteiger partial charge in [0.05, 0.1) is 7.11 Å². The van der Waals surface area contributed by atoms with Gasteiger partial charge in [-0.3, -0.25) is 4.79 Å². The predicted molar refractivity (Wildman–Crippen MR) is 103 cm³/mol. The number of likely N-dealkylation sites (tertiary alicyclic amines) is 1. The van der Waals surface area contributed by atoms with Crippen LogP contribution < -0.4 is 15.8 Å². The number of nitrogens with one attached hydrogen (secondary N) is 1. The van der Waals surface area contributed by atoms with Crippen molar-refractivity contribution in [2.24, 2.45) is 0 Å². The number of anilines is 1. The van der Waals surface area contributed by atoms with E-state index in [0.717, 1.165) is 23.3 Å². The molecule has 27 heavy (non-hydrogen) atoms. The lowest BCUT2D eigenvalue weighted by Gasteiger charge is -2.38. The van der Waals surface area contributed by atoms with Gasteiger partial charge in [0, 0.05) is 37.9 Å². The Hall–Kier alpha value is -2.64. The smallest absolute Gasteiger partial charge is 0.256 e. The minimum atomic E-state index is -1.41. The Bertz CT molecular complexity index is 798. The van der Waals surface area contributed by atoms with Crippen LogP contribution in [0.3, 0.4) is 0 Å². The molecule has 7 heteroatoms. The number of hydrogen-bond acceptors (Lipinski definition) is 6. The third kappa shape index (κ3) is 4.56. The van der Waals surface area contributed by atoms with Gasteiger partial charge in [-0.1, -0.05) is 18.2 Å². The van der Waals surface area contributed by atoms with Crippen LogP contribution in [0.15, 0.2) is 42.6 Å². The molecule has 1 aliphatic rings. The van der Waals surface area contributed by atoms with Gasteiger partial charge in [0.1, 0.15) is 11.6 Å². The molecule has 0 unspecified atom stereocenters. The van der Waals surface area contributed by atoms with E-state index in [1.807, 2.05) is 36.4 Å². The molecule has 144 valence electrons. The maximum Gasteiger partial charge on any atom is 0.256 e. The number of methoxy groups -OCH3 is 1. The van der Waals surface area contributed by atoms with Crippen LogP contribution in [0.1, 0.15) is 24.0 Å². The molecule has 7 nitrogen and oxygen atoms in total. The van der Waals surface area contributed by atoms with Gasteiger partial charge in [-0.2, -0.15) is 0 Å². The van der Waals surface area contributed by atoms with E-state index in [-0.39, 0.29) is 12.5 Å². The van der Waals surface area contributed by atoms with Crippen LogP contribution in [-0.4, -0.2) is 46.7 Å². The van der Waals surface area contributed by atoms with Crippen molar-refractivity contribution >= 4 is 11.7 Å². The van der Waals surface area contributed by atoms with E-state index in [9.17, 15) is 9.90 Å². The van der Waals surface area contributed by atoms with E-state index in [0.29, 0.717) is 31.9 Å². The summed E-state index contributed by atoms with van der Waals surface area (Å²) in [5.74, 6) is 0.956. The molecule has 2 heterocycles. The molecular formula is C20H26N4O3. The van der Waals surface area contributed by atoms with Crippen LogP contribution in [0.25, 0.3) is 0 Å². The fourth-order valence-corrected chi connectivity index (χ4v) is 3.38. The monoisotopic (exact) mass is 370 g/mol. The third-order valence-corrected chi connectivity index (χ3v) is 4.87. The number of amides is 1. The summed E-state index contributed by atoms with van der Waals surface area (Å²) in [5.41, 5.74) is 6.24. The molecule has 0 radical (unpaired) electrons. The molecular weight excluding hydrogens is 344 g/mol. The van der Waals surface area contributed by atoms with Crippen molar-refractivity contribution in [1.82, 2.24) is 15.2 Å². The van der Waals surface area contributed by atoms with Gasteiger partial charge < -0.3 is 25.8 Å². The fourth-order valence-electron chi connectivity index (χ4n) is 3.38. The highest BCUT2D eigenvalue weighted by molar-refractivity contribution is 5.86. The van der Waals surface area contributed by atoms with Crippen LogP contribution >= 0.6 is 0 Å². The first-order chi connectivity index (χ1) is 13.0. The number of benzene rings is 1. The van der Waals surface area contributed by atoms with Gasteiger partial charge in [-0.25, -0.2) is 4.98 Å². The van der Waals surface area contributed by atoms with Gasteiger partial charge in [0.15, 0.2) is 5.60 Å². The number of hydrogen-bond donors (Lipinski definition) is 3. The fraction of sp³-hybridized carbons (Fsp3) is 0.400. The Labute approximate surface area is 159 Å². The first-order valence-electron chi connectivity index (χ1n) is 9.06. The number of ether oxygens (including phenoxy) is 1. The number of rotatable bonds is 7. The highest BCUT2D eigenvalue weighted by Crippen LogP contribution is 2.25. The normalized spacial score (nSPS) is 19.9. The molecule has 0 bridgehead atoms. The molecule has 1 fully saturated rings. The number of nitrogens with two attached hydrogens (primary N) is 1. The molecule has 1 saturated heterocycles. The molecule has 0 saturated carbocycles. The van der Waals surface area contributed by atoms with Crippen LogP contribution in [0, 0.1) is 0 Å². The second-order valence-corrected chi connectivity index (χ2v) is 6.86. The topological polar surface area (TPSA) is 101 Å². The number of carbonyl (C=O) groups is 1. The first kappa shape index (κ1) is 19.1. The summed E-state index contributed by atoms with van der Waals surface area (Å²) >= 11 is 0. The van der Waals surface area contributed by atoms with Gasteiger partial charge in [0.2, 0.25) is 0 Å². The molecule has 1 amide bonds. The van der Waals surface area contributed by atoms with Crippen molar-refractivity contribution in [3.05, 3.63) is 53.7 Å². The summed E-state index contributed by atoms with van der Waals surface area (Å²) in [5, 5.41) is 14.1. The average molecular weight is 370 g/mol. The van der Waals surface area contributed by atoms with Gasteiger partial charge >= 0.3 is 0 Å². The van der Waals surface area contributed by atoms with Crippen molar-refractivity contribution < 1.29 is 14.6 Å². The maximum atomic E-state index is 12.9. The molecule has 0 spiro atoms. The van der Waals surface area contributed by atoms with Crippen LogP contribution in [0.4, 0.5) is 5.82 Å². The van der Waals surface area contributed by atoms with Crippen LogP contribution in [-0.2, 0) is 17.9 Å². The minimum absolute atomic E-state index is 0.175. The molecule has 0 aliphatic carbocycles. The number of pyridine rings is 1. The minimum Gasteiger partial charge on any atom is -0.497 e. The van der Waals surface area contributed by atoms with E-state index in [2.05, 4.69) is 10.3 Å². The van der Waals surface area contributed by atoms with E-state index in [1.54, 1.807) is 18.2 Å². The molecule has 1 aliphatic heterocycles. The number of aromatic nitrogens is 1. The van der Waals surface area contributed by atoms with Gasteiger partial charge in [-0.15, -0.1) is 0 Å². The average Bonchev–Trinajstić information content (AvgIpc) is 2.67. The lowest BCUT2D eigenvalue weighted by molar-refractivity contribution is -0.157. The second kappa shape index (κ2) is 8.37. The Morgan fingerprint density at radius 3 is 3.00 bits per heavy atom. The zero-order valence-electron chi connectivity index (χ0n) is 15.5. The first-order valence-corrected chi connectivity index (χ1v) is 9.06. The number of nitrogens with zero attached hydrogens (tertiary/aromatic N) is 2. The molecule has 4 N–H and O–H groups in total. The quantitative estimate of drug-likeness (QED) is 0.680. The SMILES string of the molecule is COc1cccc(CN2CCC[C@@](O)(CNCc3cccnc3N)C2=O)c1. The summed E-state index contributed by atoms with van der Waals surface area (Å²) in [6.45, 7) is 1.71. The Morgan fingerprint density at radius 1 is 1.37 bits per heavy atom. The molecule has 1 atom stereocenters. The number of piperidine rings is 1. The molecule has 2 aromatic rings. The molecule has 1 aromatic carbocycles. The van der Waals surface area contributed by atoms with E-state index in [4.69, 9.17) is 10.5 Å². The van der Waals surface area contributed by atoms with Crippen LogP contribution in [0.5, 0.6) is 5.75 Å². The van der Waals surface area contributed by atoms with E-state index < -0.39 is 5.60 Å². The van der Waals surface area contributed by atoms with Crippen molar-refractivity contribution in [1.29, 1.82) is 0 Å². The van der Waals surface area contributed by atoms with E-state index in [1.165, 1.54) is 0 Å². The zero-order valence-corrected chi connectivity index (χ0v) is 15.5. The highest BCUT2D eigenvalue weighted by atomic mass is 16.5. The number of nitrogen functional groups attached to an aromatic ring is 1. The van der Waals surface area contributed by atoms with Crippen LogP contribution in [0.2, 0.25) is 0 Å². The number of carbonyl (C=O) groups excluding carboxylic acids is 1. The summed E-state index contributed by atoms with van der Waals surface area (Å²) in [6.07, 6.45) is 2.83. The summed E-state index contributed by atoms with van der Waals surface area (Å²) in [6, 6.07) is 11.3. The highest BCUT2D eigenvalue weighted by Gasteiger charge is 2.41. The van der Waals surface area contributed by atoms with Crippen molar-refractivity contribution in [2.75, 3.05) is 25.9 Å². The third-order valence-electron chi connectivity index (χ3n) is 4.87. The molecule has 1 aromatic heterocycles. The Kier molecular flexibility index (Phi) is 5.93. The maximum absolute atomic E-state index is 12.9. The van der Waals surface area contributed by atoms with Gasteiger partial charge in [-0.05, 0) is 36.6 Å². The zero-order chi connectivity index (χ0) is 19.3. The van der Waals surface area contributed by atoms with Gasteiger partial charge in [0.25, 0.3) is 5.91 Å². The lowest BCUT2D eigenvalue weighted by atomic mass is 9.91. The Balaban J connectivity index is 1.61. The predicted octanol–water partition coefficient (Wildman–Crippen LogP) is 1.32. The van der Waals surface area contributed by atoms with Crippen molar-refractivity contribution in [2.45, 2.75) is 31.5 Å². The Morgan fingerprint density at radius 2 is 2.22 bits per heavy atom. The second-order valence-electron chi connectivity index (χ2n) is 6.86. The standard InChI is InChI=1S/C20H26N4O3/c1-27-17-7-2-5-15(11-17)13-24-10-4-8-20(26,19(24)25)14-22-12-16-6-3-9-23-18(16)21/h2-3,5-7,9,11,22,26H,4,8,10,12-14H2,1H3,(H2,21,23)/t20-/m1/s1. The summed E-state index contributed by atoms with van der Waals surface area (Å²) < 4.78 is 5.24. The molecule has 3 rings (SSSR count). The number of aliphatic hydroxyl groups is 1. The summed E-state index contributed by atoms with van der Waals surface area (Å²) in [7, 11) is 1.62. The lowest BCUT2D eigenvalue weighted by Crippen LogP contribution is -2.57. The van der Waals surface area contributed by atoms with Crippen molar-refractivity contribution in [3.63, 3.8) is 0 Å². The summed E-state index contributed by atoms with van der Waals surface area (Å²) in [4.78, 5) is 18.6.